The summed E-state index contributed by atoms with van der Waals surface area (Å²) in [6.07, 6.45) is 3.08. The van der Waals surface area contributed by atoms with E-state index in [0.29, 0.717) is 6.04 Å². The molecule has 4 heteroatoms. The van der Waals surface area contributed by atoms with E-state index in [0.717, 1.165) is 37.1 Å². The Morgan fingerprint density at radius 1 is 1.62 bits per heavy atom. The summed E-state index contributed by atoms with van der Waals surface area (Å²) < 4.78 is 0. The van der Waals surface area contributed by atoms with Crippen LogP contribution in [0.15, 0.2) is 12.1 Å². The molecule has 16 heavy (non-hydrogen) atoms. The number of pyridine rings is 1. The normalized spacial score (nSPS) is 19.2. The number of aromatic carboxylic acids is 1. The predicted molar refractivity (Wildman–Crippen MR) is 60.4 cm³/mol. The summed E-state index contributed by atoms with van der Waals surface area (Å²) in [6.45, 7) is 2.95. The van der Waals surface area contributed by atoms with Crippen molar-refractivity contribution in [2.75, 3.05) is 0 Å². The van der Waals surface area contributed by atoms with Crippen molar-refractivity contribution >= 4 is 5.97 Å². The lowest BCUT2D eigenvalue weighted by atomic mass is 9.97. The van der Waals surface area contributed by atoms with Crippen molar-refractivity contribution in [3.05, 3.63) is 29.1 Å². The minimum absolute atomic E-state index is 0.149. The summed E-state index contributed by atoms with van der Waals surface area (Å²) in [5, 5.41) is 12.3. The first kappa shape index (κ1) is 11.1. The monoisotopic (exact) mass is 220 g/mol. The fourth-order valence-electron chi connectivity index (χ4n) is 2.10. The van der Waals surface area contributed by atoms with Crippen molar-refractivity contribution in [1.82, 2.24) is 10.3 Å². The van der Waals surface area contributed by atoms with Crippen molar-refractivity contribution in [2.45, 2.75) is 38.8 Å². The Labute approximate surface area is 94.7 Å². The first-order chi connectivity index (χ1) is 7.70. The van der Waals surface area contributed by atoms with Crippen molar-refractivity contribution in [2.24, 2.45) is 0 Å². The minimum Gasteiger partial charge on any atom is -0.477 e. The van der Waals surface area contributed by atoms with Crippen LogP contribution in [-0.2, 0) is 13.0 Å². The molecule has 0 radical (unpaired) electrons. The van der Waals surface area contributed by atoms with Gasteiger partial charge in [0.25, 0.3) is 0 Å². The number of hydrogen-bond acceptors (Lipinski definition) is 3. The van der Waals surface area contributed by atoms with Crippen LogP contribution < -0.4 is 5.32 Å². The lowest BCUT2D eigenvalue weighted by Gasteiger charge is -2.25. The summed E-state index contributed by atoms with van der Waals surface area (Å²) in [7, 11) is 0. The third kappa shape index (κ3) is 2.22. The minimum atomic E-state index is -0.951. The quantitative estimate of drug-likeness (QED) is 0.812. The zero-order chi connectivity index (χ0) is 11.5. The first-order valence-electron chi connectivity index (χ1n) is 5.66. The van der Waals surface area contributed by atoms with Gasteiger partial charge < -0.3 is 10.4 Å². The molecule has 2 rings (SSSR count). The van der Waals surface area contributed by atoms with Crippen molar-refractivity contribution in [3.8, 4) is 0 Å². The molecule has 2 N–H and O–H groups in total. The van der Waals surface area contributed by atoms with Crippen LogP contribution in [0.2, 0.25) is 0 Å². The van der Waals surface area contributed by atoms with Gasteiger partial charge in [0, 0.05) is 24.7 Å². The molecule has 0 saturated carbocycles. The van der Waals surface area contributed by atoms with Crippen molar-refractivity contribution in [3.63, 3.8) is 0 Å². The molecule has 4 nitrogen and oxygen atoms in total. The van der Waals surface area contributed by atoms with Gasteiger partial charge in [-0.15, -0.1) is 0 Å². The van der Waals surface area contributed by atoms with E-state index >= 15 is 0 Å². The largest absolute Gasteiger partial charge is 0.477 e. The van der Waals surface area contributed by atoms with Crippen LogP contribution in [0.1, 0.15) is 41.5 Å². The Bertz CT molecular complexity index is 404. The molecule has 0 spiro atoms. The van der Waals surface area contributed by atoms with Gasteiger partial charge in [0.1, 0.15) is 5.69 Å². The highest BCUT2D eigenvalue weighted by atomic mass is 16.4. The number of hydrogen-bond donors (Lipinski definition) is 2. The molecule has 1 atom stereocenters. The lowest BCUT2D eigenvalue weighted by Crippen LogP contribution is -2.36. The van der Waals surface area contributed by atoms with Crippen molar-refractivity contribution < 1.29 is 9.90 Å². The van der Waals surface area contributed by atoms with E-state index < -0.39 is 5.97 Å². The van der Waals surface area contributed by atoms with E-state index in [-0.39, 0.29) is 5.69 Å². The summed E-state index contributed by atoms with van der Waals surface area (Å²) in [5.74, 6) is -0.951. The molecule has 1 unspecified atom stereocenters. The van der Waals surface area contributed by atoms with Gasteiger partial charge in [-0.2, -0.15) is 0 Å². The molecule has 2 heterocycles. The summed E-state index contributed by atoms with van der Waals surface area (Å²) in [5.41, 5.74) is 2.21. The number of carbonyl (C=O) groups is 1. The van der Waals surface area contributed by atoms with E-state index in [1.807, 2.05) is 6.07 Å². The average Bonchev–Trinajstić information content (AvgIpc) is 2.28. The number of fused-ring (bicyclic) bond motifs is 1. The molecular formula is C12H16N2O2. The second kappa shape index (κ2) is 4.61. The van der Waals surface area contributed by atoms with Gasteiger partial charge in [-0.1, -0.05) is 19.4 Å². The number of carboxylic acids is 1. The fraction of sp³-hybridized carbons (Fsp3) is 0.500. The summed E-state index contributed by atoms with van der Waals surface area (Å²) in [6, 6.07) is 3.87. The van der Waals surface area contributed by atoms with Gasteiger partial charge in [-0.05, 0) is 18.1 Å². The van der Waals surface area contributed by atoms with E-state index in [9.17, 15) is 4.79 Å². The topological polar surface area (TPSA) is 62.2 Å². The highest BCUT2D eigenvalue weighted by Gasteiger charge is 2.19. The third-order valence-corrected chi connectivity index (χ3v) is 2.95. The molecule has 0 fully saturated rings. The van der Waals surface area contributed by atoms with Crippen LogP contribution >= 0.6 is 0 Å². The Morgan fingerprint density at radius 2 is 2.44 bits per heavy atom. The Morgan fingerprint density at radius 3 is 3.12 bits per heavy atom. The molecule has 1 aromatic heterocycles. The average molecular weight is 220 g/mol. The Hall–Kier alpha value is -1.42. The molecule has 1 aromatic rings. The van der Waals surface area contributed by atoms with Gasteiger partial charge in [0.05, 0.1) is 0 Å². The second-order valence-electron chi connectivity index (χ2n) is 4.18. The smallest absolute Gasteiger partial charge is 0.354 e. The molecule has 0 amide bonds. The molecular weight excluding hydrogens is 204 g/mol. The van der Waals surface area contributed by atoms with Gasteiger partial charge in [0.2, 0.25) is 0 Å². The van der Waals surface area contributed by atoms with Crippen LogP contribution in [0.5, 0.6) is 0 Å². The second-order valence-corrected chi connectivity index (χ2v) is 4.18. The van der Waals surface area contributed by atoms with Gasteiger partial charge in [0.15, 0.2) is 0 Å². The Kier molecular flexibility index (Phi) is 3.19. The maximum atomic E-state index is 10.8. The zero-order valence-electron chi connectivity index (χ0n) is 9.36. The van der Waals surface area contributed by atoms with E-state index in [1.165, 1.54) is 0 Å². The van der Waals surface area contributed by atoms with E-state index in [1.54, 1.807) is 6.07 Å². The van der Waals surface area contributed by atoms with Gasteiger partial charge in [-0.3, -0.25) is 0 Å². The lowest BCUT2D eigenvalue weighted by molar-refractivity contribution is 0.0690. The van der Waals surface area contributed by atoms with Crippen LogP contribution in [0.25, 0.3) is 0 Å². The summed E-state index contributed by atoms with van der Waals surface area (Å²) >= 11 is 0. The zero-order valence-corrected chi connectivity index (χ0v) is 9.36. The molecule has 0 aromatic carbocycles. The molecule has 1 aliphatic rings. The number of aromatic nitrogens is 1. The maximum Gasteiger partial charge on any atom is 0.354 e. The van der Waals surface area contributed by atoms with Crippen LogP contribution in [0.4, 0.5) is 0 Å². The highest BCUT2D eigenvalue weighted by molar-refractivity contribution is 5.85. The van der Waals surface area contributed by atoms with E-state index in [2.05, 4.69) is 17.2 Å². The highest BCUT2D eigenvalue weighted by Crippen LogP contribution is 2.17. The number of rotatable bonds is 3. The first-order valence-corrected chi connectivity index (χ1v) is 5.66. The van der Waals surface area contributed by atoms with Crippen LogP contribution in [0, 0.1) is 0 Å². The Balaban J connectivity index is 2.21. The standard InChI is InChI=1S/C12H16N2O2/c1-2-3-9-6-11-8(7-13-9)4-5-10(14-11)12(15)16/h4-5,9,13H,2-3,6-7H2,1H3,(H,15,16). The van der Waals surface area contributed by atoms with Crippen molar-refractivity contribution in [1.29, 1.82) is 0 Å². The van der Waals surface area contributed by atoms with Crippen LogP contribution in [0.3, 0.4) is 0 Å². The fourth-order valence-corrected chi connectivity index (χ4v) is 2.10. The third-order valence-electron chi connectivity index (χ3n) is 2.95. The number of nitrogens with zero attached hydrogens (tertiary/aromatic N) is 1. The summed E-state index contributed by atoms with van der Waals surface area (Å²) in [4.78, 5) is 15.0. The molecule has 0 bridgehead atoms. The predicted octanol–water partition coefficient (Wildman–Crippen LogP) is 1.59. The maximum absolute atomic E-state index is 10.8. The molecule has 1 aliphatic heterocycles. The van der Waals surface area contributed by atoms with Gasteiger partial charge >= 0.3 is 5.97 Å². The SMILES string of the molecule is CCCC1Cc2nc(C(=O)O)ccc2CN1. The number of carboxylic acid groups (broad SMARTS) is 1. The van der Waals surface area contributed by atoms with Crippen LogP contribution in [-0.4, -0.2) is 22.1 Å². The van der Waals surface area contributed by atoms with Gasteiger partial charge in [-0.25, -0.2) is 9.78 Å². The molecule has 0 saturated heterocycles. The number of nitrogens with one attached hydrogen (secondary N) is 1. The van der Waals surface area contributed by atoms with E-state index in [4.69, 9.17) is 5.11 Å². The molecule has 86 valence electrons. The molecule has 0 aliphatic carbocycles.